The molecule has 0 aromatic heterocycles. The molecule has 0 radical (unpaired) electrons. The van der Waals surface area contributed by atoms with Crippen molar-refractivity contribution in [3.8, 4) is 0 Å². The van der Waals surface area contributed by atoms with Crippen LogP contribution in [-0.4, -0.2) is 44.3 Å². The van der Waals surface area contributed by atoms with Gasteiger partial charge in [0.05, 0.1) is 18.8 Å². The van der Waals surface area contributed by atoms with Crippen LogP contribution in [0, 0.1) is 6.92 Å². The van der Waals surface area contributed by atoms with Gasteiger partial charge in [-0.05, 0) is 49.7 Å². The molecule has 0 spiro atoms. The Labute approximate surface area is 164 Å². The molecule has 0 unspecified atom stereocenters. The highest BCUT2D eigenvalue weighted by atomic mass is 16.5. The molecule has 7 nitrogen and oxygen atoms in total. The van der Waals surface area contributed by atoms with Gasteiger partial charge in [-0.2, -0.15) is 0 Å². The Morgan fingerprint density at radius 2 is 1.82 bits per heavy atom. The van der Waals surface area contributed by atoms with Crippen LogP contribution >= 0.6 is 0 Å². The Morgan fingerprint density at radius 1 is 1.14 bits per heavy atom. The second-order valence-electron chi connectivity index (χ2n) is 6.72. The second kappa shape index (κ2) is 8.75. The maximum Gasteiger partial charge on any atom is 0.341 e. The van der Waals surface area contributed by atoms with Crippen molar-refractivity contribution in [1.29, 1.82) is 0 Å². The summed E-state index contributed by atoms with van der Waals surface area (Å²) in [5, 5.41) is 2.76. The molecule has 2 aromatic rings. The van der Waals surface area contributed by atoms with E-state index >= 15 is 0 Å². The van der Waals surface area contributed by atoms with Gasteiger partial charge in [0.1, 0.15) is 0 Å². The molecular formula is C21H25N3O4. The Kier molecular flexibility index (Phi) is 6.16. The first-order valence-corrected chi connectivity index (χ1v) is 9.25. The molecular weight excluding hydrogens is 358 g/mol. The molecule has 0 saturated carbocycles. The predicted molar refractivity (Wildman–Crippen MR) is 109 cm³/mol. The van der Waals surface area contributed by atoms with Crippen LogP contribution < -0.4 is 16.0 Å². The van der Waals surface area contributed by atoms with Crippen molar-refractivity contribution >= 4 is 28.9 Å². The summed E-state index contributed by atoms with van der Waals surface area (Å²) in [6.45, 7) is 6.46. The van der Waals surface area contributed by atoms with E-state index in [0.29, 0.717) is 24.6 Å². The number of para-hydroxylation sites is 1. The predicted octanol–water partition coefficient (Wildman–Crippen LogP) is 2.60. The number of amides is 1. The van der Waals surface area contributed by atoms with Crippen LogP contribution in [0.1, 0.15) is 22.8 Å². The van der Waals surface area contributed by atoms with E-state index in [2.05, 4.69) is 10.2 Å². The number of nitrogen functional groups attached to an aromatic ring is 1. The molecule has 0 aliphatic carbocycles. The van der Waals surface area contributed by atoms with E-state index in [-0.39, 0.29) is 5.56 Å². The second-order valence-corrected chi connectivity index (χ2v) is 6.72. The Morgan fingerprint density at radius 3 is 2.50 bits per heavy atom. The van der Waals surface area contributed by atoms with E-state index in [4.69, 9.17) is 15.2 Å². The number of nitrogens with zero attached hydrogens (tertiary/aromatic N) is 1. The van der Waals surface area contributed by atoms with Gasteiger partial charge in [0, 0.05) is 30.2 Å². The van der Waals surface area contributed by atoms with E-state index < -0.39 is 18.0 Å². The summed E-state index contributed by atoms with van der Waals surface area (Å²) in [5.41, 5.74) is 9.04. The van der Waals surface area contributed by atoms with Gasteiger partial charge in [-0.15, -0.1) is 0 Å². The van der Waals surface area contributed by atoms with Gasteiger partial charge in [-0.25, -0.2) is 4.79 Å². The molecule has 1 fully saturated rings. The van der Waals surface area contributed by atoms with Gasteiger partial charge in [0.25, 0.3) is 5.91 Å². The van der Waals surface area contributed by atoms with Crippen LogP contribution in [-0.2, 0) is 14.3 Å². The van der Waals surface area contributed by atoms with Crippen LogP contribution in [0.5, 0.6) is 0 Å². The first kappa shape index (κ1) is 19.7. The number of anilines is 3. The summed E-state index contributed by atoms with van der Waals surface area (Å²) in [5.74, 6) is -1.02. The van der Waals surface area contributed by atoms with Crippen LogP contribution in [0.2, 0.25) is 0 Å². The molecule has 3 rings (SSSR count). The molecule has 7 heteroatoms. The molecule has 1 saturated heterocycles. The molecule has 1 aliphatic rings. The van der Waals surface area contributed by atoms with Gasteiger partial charge in [0.15, 0.2) is 6.10 Å². The van der Waals surface area contributed by atoms with E-state index in [0.717, 1.165) is 24.3 Å². The highest BCUT2D eigenvalue weighted by Crippen LogP contribution is 2.20. The zero-order valence-electron chi connectivity index (χ0n) is 16.1. The number of hydrogen-bond acceptors (Lipinski definition) is 6. The quantitative estimate of drug-likeness (QED) is 0.609. The van der Waals surface area contributed by atoms with Crippen LogP contribution in [0.15, 0.2) is 42.5 Å². The first-order chi connectivity index (χ1) is 13.5. The number of morpholine rings is 1. The topological polar surface area (TPSA) is 93.9 Å². The largest absolute Gasteiger partial charge is 0.449 e. The molecule has 1 amide bonds. The maximum atomic E-state index is 12.4. The number of rotatable bonds is 5. The summed E-state index contributed by atoms with van der Waals surface area (Å²) < 4.78 is 10.6. The SMILES string of the molecule is Cc1cccc(C(=O)O[C@H](C)C(=O)Nc2ccc(N3CCOCC3)cc2)c1N. The third-order valence-electron chi connectivity index (χ3n) is 4.71. The van der Waals surface area contributed by atoms with Crippen molar-refractivity contribution < 1.29 is 19.1 Å². The van der Waals surface area contributed by atoms with Crippen LogP contribution in [0.4, 0.5) is 17.1 Å². The zero-order chi connectivity index (χ0) is 20.1. The highest BCUT2D eigenvalue weighted by Gasteiger charge is 2.21. The smallest absolute Gasteiger partial charge is 0.341 e. The average Bonchev–Trinajstić information content (AvgIpc) is 2.71. The summed E-state index contributed by atoms with van der Waals surface area (Å²) >= 11 is 0. The van der Waals surface area contributed by atoms with Crippen molar-refractivity contribution in [2.75, 3.05) is 42.3 Å². The summed E-state index contributed by atoms with van der Waals surface area (Å²) in [7, 11) is 0. The number of aryl methyl sites for hydroxylation is 1. The maximum absolute atomic E-state index is 12.4. The molecule has 148 valence electrons. The number of carbonyl (C=O) groups is 2. The summed E-state index contributed by atoms with van der Waals surface area (Å²) in [6, 6.07) is 12.7. The third-order valence-corrected chi connectivity index (χ3v) is 4.71. The molecule has 1 heterocycles. The highest BCUT2D eigenvalue weighted by molar-refractivity contribution is 5.99. The van der Waals surface area contributed by atoms with Gasteiger partial charge in [-0.1, -0.05) is 12.1 Å². The third kappa shape index (κ3) is 4.61. The molecule has 1 aliphatic heterocycles. The minimum atomic E-state index is -0.952. The van der Waals surface area contributed by atoms with Gasteiger partial charge in [-0.3, -0.25) is 4.79 Å². The molecule has 3 N–H and O–H groups in total. The fourth-order valence-electron chi connectivity index (χ4n) is 2.96. The lowest BCUT2D eigenvalue weighted by Gasteiger charge is -2.28. The summed E-state index contributed by atoms with van der Waals surface area (Å²) in [6.07, 6.45) is -0.952. The normalized spacial score (nSPS) is 15.0. The molecule has 2 aromatic carbocycles. The van der Waals surface area contributed by atoms with Gasteiger partial charge >= 0.3 is 5.97 Å². The molecule has 28 heavy (non-hydrogen) atoms. The fourth-order valence-corrected chi connectivity index (χ4v) is 2.96. The van der Waals surface area contributed by atoms with Crippen LogP contribution in [0.25, 0.3) is 0 Å². The van der Waals surface area contributed by atoms with E-state index in [9.17, 15) is 9.59 Å². The summed E-state index contributed by atoms with van der Waals surface area (Å²) in [4.78, 5) is 26.9. The number of nitrogens with two attached hydrogens (primary N) is 1. The van der Waals surface area contributed by atoms with Crippen molar-refractivity contribution in [2.24, 2.45) is 0 Å². The minimum absolute atomic E-state index is 0.259. The Hall–Kier alpha value is -3.06. The zero-order valence-corrected chi connectivity index (χ0v) is 16.1. The van der Waals surface area contributed by atoms with Crippen LogP contribution in [0.3, 0.4) is 0 Å². The Balaban J connectivity index is 1.57. The molecule has 0 bridgehead atoms. The lowest BCUT2D eigenvalue weighted by molar-refractivity contribution is -0.123. The molecule has 1 atom stereocenters. The van der Waals surface area contributed by atoms with Gasteiger partial charge in [0.2, 0.25) is 0 Å². The van der Waals surface area contributed by atoms with Gasteiger partial charge < -0.3 is 25.4 Å². The number of carbonyl (C=O) groups excluding carboxylic acids is 2. The average molecular weight is 383 g/mol. The van der Waals surface area contributed by atoms with Crippen molar-refractivity contribution in [2.45, 2.75) is 20.0 Å². The monoisotopic (exact) mass is 383 g/mol. The van der Waals surface area contributed by atoms with Crippen molar-refractivity contribution in [3.05, 3.63) is 53.6 Å². The van der Waals surface area contributed by atoms with Crippen molar-refractivity contribution in [3.63, 3.8) is 0 Å². The standard InChI is InChI=1S/C21H25N3O4/c1-14-4-3-5-18(19(14)22)21(26)28-15(2)20(25)23-16-6-8-17(9-7-16)24-10-12-27-13-11-24/h3-9,15H,10-13,22H2,1-2H3,(H,23,25)/t15-/m1/s1. The van der Waals surface area contributed by atoms with E-state index in [1.54, 1.807) is 12.1 Å². The lowest BCUT2D eigenvalue weighted by atomic mass is 10.1. The minimum Gasteiger partial charge on any atom is -0.449 e. The van der Waals surface area contributed by atoms with Crippen molar-refractivity contribution in [1.82, 2.24) is 0 Å². The van der Waals surface area contributed by atoms with E-state index in [1.807, 2.05) is 37.3 Å². The first-order valence-electron chi connectivity index (χ1n) is 9.25. The number of nitrogens with one attached hydrogen (secondary N) is 1. The number of esters is 1. The fraction of sp³-hybridized carbons (Fsp3) is 0.333. The van der Waals surface area contributed by atoms with E-state index in [1.165, 1.54) is 6.92 Å². The number of ether oxygens (including phenoxy) is 2. The lowest BCUT2D eigenvalue weighted by Crippen LogP contribution is -2.36. The number of hydrogen-bond donors (Lipinski definition) is 2. The number of benzene rings is 2. The Bertz CT molecular complexity index is 845.